The fraction of sp³-hybridized carbons (Fsp3) is 0.316. The second-order valence-corrected chi connectivity index (χ2v) is 5.96. The molecule has 0 saturated carbocycles. The molecule has 0 saturated heterocycles. The first-order chi connectivity index (χ1) is 10.6. The number of anilines is 1. The number of amides is 1. The van der Waals surface area contributed by atoms with Crippen LogP contribution in [0.25, 0.3) is 0 Å². The molecule has 22 heavy (non-hydrogen) atoms. The number of aryl methyl sites for hydroxylation is 1. The molecule has 0 spiro atoms. The van der Waals surface area contributed by atoms with Gasteiger partial charge in [-0.2, -0.15) is 0 Å². The summed E-state index contributed by atoms with van der Waals surface area (Å²) in [7, 11) is 0. The molecule has 0 aliphatic heterocycles. The van der Waals surface area contributed by atoms with Gasteiger partial charge in [0.05, 0.1) is 6.42 Å². The van der Waals surface area contributed by atoms with Gasteiger partial charge in [0.2, 0.25) is 5.91 Å². The molecular formula is C19H22ClNO. The lowest BCUT2D eigenvalue weighted by atomic mass is 10.0. The highest BCUT2D eigenvalue weighted by molar-refractivity contribution is 6.31. The van der Waals surface area contributed by atoms with E-state index in [4.69, 9.17) is 11.6 Å². The van der Waals surface area contributed by atoms with Gasteiger partial charge in [-0.3, -0.25) is 4.79 Å². The molecule has 0 radical (unpaired) electrons. The largest absolute Gasteiger partial charge is 0.326 e. The fourth-order valence-electron chi connectivity index (χ4n) is 2.33. The number of nitrogens with one attached hydrogen (secondary N) is 1. The van der Waals surface area contributed by atoms with Gasteiger partial charge < -0.3 is 5.32 Å². The number of unbranched alkanes of at least 4 members (excludes halogenated alkanes) is 1. The summed E-state index contributed by atoms with van der Waals surface area (Å²) >= 11 is 6.07. The molecule has 2 rings (SSSR count). The van der Waals surface area contributed by atoms with E-state index in [9.17, 15) is 4.79 Å². The zero-order chi connectivity index (χ0) is 15.9. The molecule has 0 aliphatic rings. The van der Waals surface area contributed by atoms with Crippen LogP contribution in [0.15, 0.2) is 42.5 Å². The first-order valence-electron chi connectivity index (χ1n) is 7.73. The Morgan fingerprint density at radius 3 is 2.45 bits per heavy atom. The summed E-state index contributed by atoms with van der Waals surface area (Å²) in [5, 5.41) is 3.59. The molecule has 0 fully saturated rings. The Bertz CT molecular complexity index is 634. The predicted molar refractivity (Wildman–Crippen MR) is 93.6 cm³/mol. The highest BCUT2D eigenvalue weighted by Crippen LogP contribution is 2.23. The van der Waals surface area contributed by atoms with Crippen LogP contribution in [-0.2, 0) is 17.6 Å². The average Bonchev–Trinajstić information content (AvgIpc) is 2.51. The van der Waals surface area contributed by atoms with E-state index in [0.717, 1.165) is 23.2 Å². The van der Waals surface area contributed by atoms with E-state index in [1.54, 1.807) is 0 Å². The van der Waals surface area contributed by atoms with E-state index in [1.165, 1.54) is 18.4 Å². The summed E-state index contributed by atoms with van der Waals surface area (Å²) in [6.07, 6.45) is 3.88. The fourth-order valence-corrected chi connectivity index (χ4v) is 2.50. The zero-order valence-electron chi connectivity index (χ0n) is 13.2. The van der Waals surface area contributed by atoms with Gasteiger partial charge in [-0.25, -0.2) is 0 Å². The molecule has 0 aliphatic carbocycles. The van der Waals surface area contributed by atoms with Crippen molar-refractivity contribution in [2.75, 3.05) is 5.32 Å². The number of hydrogen-bond acceptors (Lipinski definition) is 1. The number of rotatable bonds is 6. The van der Waals surface area contributed by atoms with E-state index in [-0.39, 0.29) is 5.91 Å². The van der Waals surface area contributed by atoms with Crippen molar-refractivity contribution in [1.29, 1.82) is 0 Å². The third kappa shape index (κ3) is 4.60. The standard InChI is InChI=1S/C19H22ClNO/c1-3-4-6-15-9-11-16(12-10-15)13-19(22)21-18-8-5-7-17(20)14(18)2/h5,7-12H,3-4,6,13H2,1-2H3,(H,21,22). The van der Waals surface area contributed by atoms with Gasteiger partial charge >= 0.3 is 0 Å². The number of carbonyl (C=O) groups is 1. The normalized spacial score (nSPS) is 10.5. The van der Waals surface area contributed by atoms with Gasteiger partial charge in [-0.05, 0) is 48.6 Å². The second kappa shape index (κ2) is 8.00. The Balaban J connectivity index is 1.95. The molecule has 0 unspecified atom stereocenters. The van der Waals surface area contributed by atoms with Crippen LogP contribution in [0.5, 0.6) is 0 Å². The highest BCUT2D eigenvalue weighted by Gasteiger charge is 2.07. The molecule has 0 atom stereocenters. The lowest BCUT2D eigenvalue weighted by molar-refractivity contribution is -0.115. The molecule has 1 amide bonds. The van der Waals surface area contributed by atoms with Gasteiger partial charge in [0, 0.05) is 10.7 Å². The van der Waals surface area contributed by atoms with E-state index in [2.05, 4.69) is 24.4 Å². The first kappa shape index (κ1) is 16.6. The third-order valence-corrected chi connectivity index (χ3v) is 4.16. The summed E-state index contributed by atoms with van der Waals surface area (Å²) in [6.45, 7) is 4.09. The quantitative estimate of drug-likeness (QED) is 0.782. The van der Waals surface area contributed by atoms with Crippen LogP contribution >= 0.6 is 11.6 Å². The molecule has 116 valence electrons. The minimum Gasteiger partial charge on any atom is -0.326 e. The van der Waals surface area contributed by atoms with Crippen molar-refractivity contribution in [2.45, 2.75) is 39.5 Å². The Morgan fingerprint density at radius 2 is 1.77 bits per heavy atom. The summed E-state index contributed by atoms with van der Waals surface area (Å²) in [5.41, 5.74) is 4.03. The second-order valence-electron chi connectivity index (χ2n) is 5.56. The molecule has 2 aromatic carbocycles. The highest BCUT2D eigenvalue weighted by atomic mass is 35.5. The van der Waals surface area contributed by atoms with Crippen LogP contribution in [-0.4, -0.2) is 5.91 Å². The lowest BCUT2D eigenvalue weighted by Gasteiger charge is -2.10. The summed E-state index contributed by atoms with van der Waals surface area (Å²) in [6, 6.07) is 13.8. The van der Waals surface area contributed by atoms with Crippen LogP contribution in [0.3, 0.4) is 0 Å². The molecule has 2 nitrogen and oxygen atoms in total. The summed E-state index contributed by atoms with van der Waals surface area (Å²) in [5.74, 6) is -0.0216. The predicted octanol–water partition coefficient (Wildman–Crippen LogP) is 5.17. The number of hydrogen-bond donors (Lipinski definition) is 1. The molecule has 0 aromatic heterocycles. The van der Waals surface area contributed by atoms with Gasteiger partial charge in [0.25, 0.3) is 0 Å². The average molecular weight is 316 g/mol. The zero-order valence-corrected chi connectivity index (χ0v) is 13.9. The summed E-state index contributed by atoms with van der Waals surface area (Å²) in [4.78, 5) is 12.1. The minimum absolute atomic E-state index is 0.0216. The van der Waals surface area contributed by atoms with Crippen molar-refractivity contribution < 1.29 is 4.79 Å². The molecule has 2 aromatic rings. The minimum atomic E-state index is -0.0216. The Kier molecular flexibility index (Phi) is 6.02. The van der Waals surface area contributed by atoms with Crippen molar-refractivity contribution >= 4 is 23.2 Å². The van der Waals surface area contributed by atoms with Crippen LogP contribution in [0.1, 0.15) is 36.5 Å². The Hall–Kier alpha value is -1.80. The van der Waals surface area contributed by atoms with Crippen LogP contribution in [0, 0.1) is 6.92 Å². The number of benzene rings is 2. The van der Waals surface area contributed by atoms with Crippen molar-refractivity contribution in [3.05, 3.63) is 64.2 Å². The third-order valence-electron chi connectivity index (χ3n) is 3.75. The van der Waals surface area contributed by atoms with Gasteiger partial charge in [-0.1, -0.05) is 55.3 Å². The first-order valence-corrected chi connectivity index (χ1v) is 8.10. The molecule has 0 heterocycles. The van der Waals surface area contributed by atoms with Gasteiger partial charge in [-0.15, -0.1) is 0 Å². The van der Waals surface area contributed by atoms with E-state index in [0.29, 0.717) is 11.4 Å². The Labute approximate surface area is 137 Å². The SMILES string of the molecule is CCCCc1ccc(CC(=O)Nc2cccc(Cl)c2C)cc1. The van der Waals surface area contributed by atoms with Gasteiger partial charge in [0.15, 0.2) is 0 Å². The van der Waals surface area contributed by atoms with Crippen LogP contribution in [0.4, 0.5) is 5.69 Å². The Morgan fingerprint density at radius 1 is 1.09 bits per heavy atom. The van der Waals surface area contributed by atoms with Gasteiger partial charge in [0.1, 0.15) is 0 Å². The van der Waals surface area contributed by atoms with Crippen LogP contribution in [0.2, 0.25) is 5.02 Å². The monoisotopic (exact) mass is 315 g/mol. The maximum Gasteiger partial charge on any atom is 0.228 e. The van der Waals surface area contributed by atoms with Crippen molar-refractivity contribution in [2.24, 2.45) is 0 Å². The van der Waals surface area contributed by atoms with Crippen LogP contribution < -0.4 is 5.32 Å². The number of carbonyl (C=O) groups excluding carboxylic acids is 1. The van der Waals surface area contributed by atoms with E-state index >= 15 is 0 Å². The van der Waals surface area contributed by atoms with Crippen molar-refractivity contribution in [3.8, 4) is 0 Å². The number of halogens is 1. The maximum absolute atomic E-state index is 12.1. The molecule has 1 N–H and O–H groups in total. The van der Waals surface area contributed by atoms with Crippen molar-refractivity contribution in [3.63, 3.8) is 0 Å². The maximum atomic E-state index is 12.1. The van der Waals surface area contributed by atoms with Crippen molar-refractivity contribution in [1.82, 2.24) is 0 Å². The lowest BCUT2D eigenvalue weighted by Crippen LogP contribution is -2.15. The summed E-state index contributed by atoms with van der Waals surface area (Å²) < 4.78 is 0. The topological polar surface area (TPSA) is 29.1 Å². The molecule has 0 bridgehead atoms. The smallest absolute Gasteiger partial charge is 0.228 e. The molecule has 3 heteroatoms. The van der Waals surface area contributed by atoms with E-state index < -0.39 is 0 Å². The molecular weight excluding hydrogens is 294 g/mol. The van der Waals surface area contributed by atoms with E-state index in [1.807, 2.05) is 37.3 Å².